The molecule has 13 heavy (non-hydrogen) atoms. The van der Waals surface area contributed by atoms with Gasteiger partial charge in [-0.2, -0.15) is 0 Å². The lowest BCUT2D eigenvalue weighted by Gasteiger charge is -2.13. The molecule has 0 fully saturated rings. The minimum atomic E-state index is -0.321. The average molecular weight is 198 g/mol. The molecule has 0 unspecified atom stereocenters. The van der Waals surface area contributed by atoms with E-state index in [0.29, 0.717) is 0 Å². The third-order valence-corrected chi connectivity index (χ3v) is 1.81. The summed E-state index contributed by atoms with van der Waals surface area (Å²) in [6.45, 7) is 1.04. The molecule has 3 heteroatoms. The molecule has 1 aromatic rings. The van der Waals surface area contributed by atoms with E-state index in [4.69, 9.17) is 11.6 Å². The molecule has 70 valence electrons. The van der Waals surface area contributed by atoms with Crippen LogP contribution >= 0.6 is 11.6 Å². The first-order valence-electron chi connectivity index (χ1n) is 4.09. The van der Waals surface area contributed by atoms with Gasteiger partial charge >= 0.3 is 0 Å². The van der Waals surface area contributed by atoms with Crippen molar-refractivity contribution in [3.05, 3.63) is 35.9 Å². The van der Waals surface area contributed by atoms with Gasteiger partial charge < -0.3 is 0 Å². The van der Waals surface area contributed by atoms with Crippen LogP contribution in [0.2, 0.25) is 0 Å². The van der Waals surface area contributed by atoms with Crippen molar-refractivity contribution in [2.45, 2.75) is 6.54 Å². The van der Waals surface area contributed by atoms with Gasteiger partial charge in [-0.1, -0.05) is 30.3 Å². The van der Waals surface area contributed by atoms with Crippen LogP contribution in [0.15, 0.2) is 30.3 Å². The molecule has 0 saturated carbocycles. The van der Waals surface area contributed by atoms with E-state index in [2.05, 4.69) is 0 Å². The maximum atomic E-state index is 10.6. The van der Waals surface area contributed by atoms with Crippen molar-refractivity contribution in [3.8, 4) is 0 Å². The normalized spacial score (nSPS) is 10.4. The molecular formula is C10H12ClNO. The first-order valence-corrected chi connectivity index (χ1v) is 4.47. The zero-order valence-corrected chi connectivity index (χ0v) is 8.29. The summed E-state index contributed by atoms with van der Waals surface area (Å²) < 4.78 is 0. The van der Waals surface area contributed by atoms with Gasteiger partial charge in [0.1, 0.15) is 0 Å². The highest BCUT2D eigenvalue weighted by Crippen LogP contribution is 2.02. The molecular weight excluding hydrogens is 186 g/mol. The molecule has 1 rings (SSSR count). The molecule has 0 saturated heterocycles. The molecule has 0 heterocycles. The molecule has 0 bridgehead atoms. The summed E-state index contributed by atoms with van der Waals surface area (Å²) >= 11 is 5.26. The SMILES string of the molecule is CN(CC(=O)Cl)Cc1ccccc1. The summed E-state index contributed by atoms with van der Waals surface area (Å²) in [5, 5.41) is -0.321. The standard InChI is InChI=1S/C10H12ClNO/c1-12(8-10(11)13)7-9-5-3-2-4-6-9/h2-6H,7-8H2,1H3. The number of carbonyl (C=O) groups is 1. The summed E-state index contributed by atoms with van der Waals surface area (Å²) in [4.78, 5) is 12.4. The summed E-state index contributed by atoms with van der Waals surface area (Å²) in [5.41, 5.74) is 1.18. The highest BCUT2D eigenvalue weighted by atomic mass is 35.5. The van der Waals surface area contributed by atoms with Crippen molar-refractivity contribution in [2.75, 3.05) is 13.6 Å². The average Bonchev–Trinajstić information content (AvgIpc) is 2.04. The lowest BCUT2D eigenvalue weighted by atomic mass is 10.2. The summed E-state index contributed by atoms with van der Waals surface area (Å²) in [5.74, 6) is 0. The second kappa shape index (κ2) is 5.00. The second-order valence-electron chi connectivity index (χ2n) is 3.01. The zero-order chi connectivity index (χ0) is 9.68. The van der Waals surface area contributed by atoms with Crippen LogP contribution < -0.4 is 0 Å². The molecule has 0 aromatic heterocycles. The summed E-state index contributed by atoms with van der Waals surface area (Å²) in [7, 11) is 1.87. The molecule has 1 aromatic carbocycles. The van der Waals surface area contributed by atoms with Crippen LogP contribution in [0.25, 0.3) is 0 Å². The van der Waals surface area contributed by atoms with Crippen LogP contribution in [0, 0.1) is 0 Å². The number of likely N-dealkylation sites (N-methyl/N-ethyl adjacent to an activating group) is 1. The third-order valence-electron chi connectivity index (χ3n) is 1.69. The maximum Gasteiger partial charge on any atom is 0.235 e. The van der Waals surface area contributed by atoms with E-state index in [9.17, 15) is 4.79 Å². The molecule has 0 atom stereocenters. The van der Waals surface area contributed by atoms with E-state index in [-0.39, 0.29) is 11.8 Å². The van der Waals surface area contributed by atoms with Crippen molar-refractivity contribution < 1.29 is 4.79 Å². The fourth-order valence-corrected chi connectivity index (χ4v) is 1.37. The highest BCUT2D eigenvalue weighted by molar-refractivity contribution is 6.64. The van der Waals surface area contributed by atoms with Crippen molar-refractivity contribution >= 4 is 16.8 Å². The van der Waals surface area contributed by atoms with E-state index in [1.807, 2.05) is 42.3 Å². The van der Waals surface area contributed by atoms with E-state index < -0.39 is 0 Å². The van der Waals surface area contributed by atoms with Gasteiger partial charge in [0.05, 0.1) is 6.54 Å². The van der Waals surface area contributed by atoms with E-state index in [1.54, 1.807) is 0 Å². The molecule has 0 aliphatic rings. The molecule has 0 aliphatic carbocycles. The zero-order valence-electron chi connectivity index (χ0n) is 7.53. The Labute approximate surface area is 83.1 Å². The van der Waals surface area contributed by atoms with Crippen molar-refractivity contribution in [1.82, 2.24) is 4.90 Å². The monoisotopic (exact) mass is 197 g/mol. The number of hydrogen-bond donors (Lipinski definition) is 0. The molecule has 0 spiro atoms. The third kappa shape index (κ3) is 4.06. The Morgan fingerprint density at radius 1 is 1.38 bits per heavy atom. The predicted molar refractivity (Wildman–Crippen MR) is 53.6 cm³/mol. The Balaban J connectivity index is 2.45. The number of hydrogen-bond acceptors (Lipinski definition) is 2. The van der Waals surface area contributed by atoms with Gasteiger partial charge in [-0.15, -0.1) is 0 Å². The van der Waals surface area contributed by atoms with Crippen LogP contribution in [-0.2, 0) is 11.3 Å². The van der Waals surface area contributed by atoms with Gasteiger partial charge in [-0.25, -0.2) is 0 Å². The lowest BCUT2D eigenvalue weighted by Crippen LogP contribution is -2.22. The smallest absolute Gasteiger partial charge is 0.235 e. The van der Waals surface area contributed by atoms with Gasteiger partial charge in [0, 0.05) is 6.54 Å². The first kappa shape index (κ1) is 10.2. The van der Waals surface area contributed by atoms with Gasteiger partial charge in [-0.3, -0.25) is 9.69 Å². The number of rotatable bonds is 4. The minimum absolute atomic E-state index is 0.288. The van der Waals surface area contributed by atoms with Crippen LogP contribution in [0.1, 0.15) is 5.56 Å². The molecule has 0 amide bonds. The van der Waals surface area contributed by atoms with E-state index in [0.717, 1.165) is 6.54 Å². The Morgan fingerprint density at radius 3 is 2.54 bits per heavy atom. The van der Waals surface area contributed by atoms with Crippen LogP contribution in [0.4, 0.5) is 0 Å². The quantitative estimate of drug-likeness (QED) is 0.687. The molecule has 2 nitrogen and oxygen atoms in total. The van der Waals surface area contributed by atoms with Gasteiger partial charge in [0.2, 0.25) is 5.24 Å². The van der Waals surface area contributed by atoms with Crippen LogP contribution in [0.5, 0.6) is 0 Å². The largest absolute Gasteiger partial charge is 0.294 e. The number of halogens is 1. The fourth-order valence-electron chi connectivity index (χ4n) is 1.16. The minimum Gasteiger partial charge on any atom is -0.294 e. The number of nitrogens with zero attached hydrogens (tertiary/aromatic N) is 1. The maximum absolute atomic E-state index is 10.6. The van der Waals surface area contributed by atoms with Gasteiger partial charge in [0.25, 0.3) is 0 Å². The fraction of sp³-hybridized carbons (Fsp3) is 0.300. The summed E-state index contributed by atoms with van der Waals surface area (Å²) in [6.07, 6.45) is 0. The lowest BCUT2D eigenvalue weighted by molar-refractivity contribution is -0.112. The Kier molecular flexibility index (Phi) is 3.93. The van der Waals surface area contributed by atoms with E-state index >= 15 is 0 Å². The van der Waals surface area contributed by atoms with Crippen molar-refractivity contribution in [1.29, 1.82) is 0 Å². The number of benzene rings is 1. The Bertz CT molecular complexity index is 274. The Hall–Kier alpha value is -0.860. The van der Waals surface area contributed by atoms with Crippen LogP contribution in [-0.4, -0.2) is 23.7 Å². The van der Waals surface area contributed by atoms with E-state index in [1.165, 1.54) is 5.56 Å². The predicted octanol–water partition coefficient (Wildman–Crippen LogP) is 1.88. The topological polar surface area (TPSA) is 20.3 Å². The van der Waals surface area contributed by atoms with Crippen molar-refractivity contribution in [2.24, 2.45) is 0 Å². The van der Waals surface area contributed by atoms with Gasteiger partial charge in [-0.05, 0) is 24.2 Å². The number of carbonyl (C=O) groups excluding carboxylic acids is 1. The first-order chi connectivity index (χ1) is 6.18. The van der Waals surface area contributed by atoms with Gasteiger partial charge in [0.15, 0.2) is 0 Å². The second-order valence-corrected chi connectivity index (χ2v) is 3.43. The highest BCUT2D eigenvalue weighted by Gasteiger charge is 2.03. The van der Waals surface area contributed by atoms with Crippen LogP contribution in [0.3, 0.4) is 0 Å². The van der Waals surface area contributed by atoms with Crippen molar-refractivity contribution in [3.63, 3.8) is 0 Å². The molecule has 0 aliphatic heterocycles. The Morgan fingerprint density at radius 2 is 2.00 bits per heavy atom. The molecule has 0 radical (unpaired) electrons. The summed E-state index contributed by atoms with van der Waals surface area (Å²) in [6, 6.07) is 9.97. The molecule has 0 N–H and O–H groups in total.